The maximum Gasteiger partial charge on any atom is 0.229 e. The summed E-state index contributed by atoms with van der Waals surface area (Å²) in [6.07, 6.45) is 3.68. The Morgan fingerprint density at radius 1 is 0.826 bits per heavy atom. The fourth-order valence-electron chi connectivity index (χ4n) is 2.73. The summed E-state index contributed by atoms with van der Waals surface area (Å²) >= 11 is 0. The van der Waals surface area contributed by atoms with E-state index in [0.29, 0.717) is 5.69 Å². The fourth-order valence-corrected chi connectivity index (χ4v) is 3.30. The Morgan fingerprint density at radius 3 is 1.83 bits per heavy atom. The summed E-state index contributed by atoms with van der Waals surface area (Å²) in [5, 5.41) is 3.32. The van der Waals surface area contributed by atoms with Crippen molar-refractivity contribution in [3.8, 4) is 0 Å². The van der Waals surface area contributed by atoms with Crippen LogP contribution in [0.3, 0.4) is 0 Å². The van der Waals surface area contributed by atoms with Crippen LogP contribution < -0.4 is 14.9 Å². The van der Waals surface area contributed by atoms with Crippen LogP contribution in [0.5, 0.6) is 0 Å². The molecule has 0 unspecified atom stereocenters. The zero-order chi connectivity index (χ0) is 16.3. The molecule has 23 heavy (non-hydrogen) atoms. The van der Waals surface area contributed by atoms with Crippen molar-refractivity contribution in [2.45, 2.75) is 12.8 Å². The number of sulfonamides is 1. The van der Waals surface area contributed by atoms with Crippen molar-refractivity contribution in [2.75, 3.05) is 34.3 Å². The molecule has 0 atom stereocenters. The van der Waals surface area contributed by atoms with Crippen molar-refractivity contribution in [2.24, 2.45) is 0 Å². The zero-order valence-electron chi connectivity index (χ0n) is 13.1. The van der Waals surface area contributed by atoms with Crippen LogP contribution in [0, 0.1) is 0 Å². The largest absolute Gasteiger partial charge is 0.372 e. The van der Waals surface area contributed by atoms with E-state index in [9.17, 15) is 8.42 Å². The number of anilines is 4. The second kappa shape index (κ2) is 6.50. The van der Waals surface area contributed by atoms with Crippen molar-refractivity contribution >= 4 is 32.8 Å². The van der Waals surface area contributed by atoms with Crippen molar-refractivity contribution < 1.29 is 8.42 Å². The van der Waals surface area contributed by atoms with Gasteiger partial charge in [0.05, 0.1) is 6.26 Å². The quantitative estimate of drug-likeness (QED) is 0.881. The van der Waals surface area contributed by atoms with Gasteiger partial charge in [-0.15, -0.1) is 0 Å². The van der Waals surface area contributed by atoms with Crippen molar-refractivity contribution in [1.82, 2.24) is 0 Å². The van der Waals surface area contributed by atoms with Crippen molar-refractivity contribution in [3.05, 3.63) is 48.5 Å². The molecule has 0 spiro atoms. The van der Waals surface area contributed by atoms with E-state index in [1.807, 2.05) is 12.1 Å². The first-order chi connectivity index (χ1) is 11.0. The Kier molecular flexibility index (Phi) is 4.43. The lowest BCUT2D eigenvalue weighted by Crippen LogP contribution is -2.17. The number of rotatable bonds is 5. The maximum atomic E-state index is 11.2. The molecule has 1 aliphatic rings. The normalized spacial score (nSPS) is 14.7. The summed E-state index contributed by atoms with van der Waals surface area (Å²) in [6, 6.07) is 15.6. The maximum absolute atomic E-state index is 11.2. The average Bonchev–Trinajstić information content (AvgIpc) is 3.03. The molecule has 3 rings (SSSR count). The molecule has 2 aromatic carbocycles. The Hall–Kier alpha value is -2.21. The van der Waals surface area contributed by atoms with Gasteiger partial charge in [-0.1, -0.05) is 0 Å². The smallest absolute Gasteiger partial charge is 0.229 e. The van der Waals surface area contributed by atoms with Gasteiger partial charge in [-0.2, -0.15) is 0 Å². The molecule has 0 radical (unpaired) electrons. The highest BCUT2D eigenvalue weighted by molar-refractivity contribution is 7.92. The molecule has 1 fully saturated rings. The molecule has 122 valence electrons. The van der Waals surface area contributed by atoms with E-state index in [1.54, 1.807) is 12.1 Å². The number of nitrogens with zero attached hydrogens (tertiary/aromatic N) is 1. The highest BCUT2D eigenvalue weighted by Gasteiger charge is 2.11. The molecular weight excluding hydrogens is 310 g/mol. The van der Waals surface area contributed by atoms with E-state index in [1.165, 1.54) is 18.5 Å². The lowest BCUT2D eigenvalue weighted by Gasteiger charge is -2.18. The Morgan fingerprint density at radius 2 is 1.30 bits per heavy atom. The van der Waals surface area contributed by atoms with Crippen LogP contribution >= 0.6 is 0 Å². The number of benzene rings is 2. The van der Waals surface area contributed by atoms with Gasteiger partial charge >= 0.3 is 0 Å². The van der Waals surface area contributed by atoms with Crippen LogP contribution in [0.25, 0.3) is 0 Å². The second-order valence-electron chi connectivity index (χ2n) is 5.82. The van der Waals surface area contributed by atoms with Gasteiger partial charge in [-0.05, 0) is 61.4 Å². The molecule has 0 aliphatic carbocycles. The molecule has 5 nitrogen and oxygen atoms in total. The van der Waals surface area contributed by atoms with Gasteiger partial charge in [0.1, 0.15) is 0 Å². The molecule has 6 heteroatoms. The first-order valence-corrected chi connectivity index (χ1v) is 9.59. The SMILES string of the molecule is CS(=O)(=O)Nc1ccc(Nc2ccc(N3CCCC3)cc2)cc1. The van der Waals surface area contributed by atoms with Crippen LogP contribution in [-0.4, -0.2) is 27.8 Å². The third kappa shape index (κ3) is 4.39. The van der Waals surface area contributed by atoms with Gasteiger partial charge in [-0.3, -0.25) is 4.72 Å². The van der Waals surface area contributed by atoms with E-state index >= 15 is 0 Å². The van der Waals surface area contributed by atoms with E-state index in [2.05, 4.69) is 39.2 Å². The van der Waals surface area contributed by atoms with E-state index < -0.39 is 10.0 Å². The predicted molar refractivity (Wildman–Crippen MR) is 96.1 cm³/mol. The lowest BCUT2D eigenvalue weighted by atomic mass is 10.2. The number of hydrogen-bond donors (Lipinski definition) is 2. The first-order valence-electron chi connectivity index (χ1n) is 7.69. The summed E-state index contributed by atoms with van der Waals surface area (Å²) in [6.45, 7) is 2.28. The minimum absolute atomic E-state index is 0.558. The van der Waals surface area contributed by atoms with Crippen LogP contribution in [0.1, 0.15) is 12.8 Å². The average molecular weight is 331 g/mol. The Balaban J connectivity index is 1.64. The monoisotopic (exact) mass is 331 g/mol. The molecule has 0 bridgehead atoms. The van der Waals surface area contributed by atoms with Gasteiger partial charge in [-0.25, -0.2) is 8.42 Å². The highest BCUT2D eigenvalue weighted by atomic mass is 32.2. The van der Waals surface area contributed by atoms with Gasteiger partial charge in [0, 0.05) is 35.8 Å². The van der Waals surface area contributed by atoms with Crippen molar-refractivity contribution in [1.29, 1.82) is 0 Å². The van der Waals surface area contributed by atoms with Gasteiger partial charge in [0.2, 0.25) is 10.0 Å². The minimum atomic E-state index is -3.24. The number of nitrogens with one attached hydrogen (secondary N) is 2. The van der Waals surface area contributed by atoms with E-state index in [-0.39, 0.29) is 0 Å². The third-order valence-corrected chi connectivity index (χ3v) is 4.42. The van der Waals surface area contributed by atoms with Gasteiger partial charge in [0.15, 0.2) is 0 Å². The predicted octanol–water partition coefficient (Wildman–Crippen LogP) is 3.40. The summed E-state index contributed by atoms with van der Waals surface area (Å²) in [7, 11) is -3.24. The Labute approximate surface area is 137 Å². The summed E-state index contributed by atoms with van der Waals surface area (Å²) in [5.41, 5.74) is 3.75. The Bertz CT molecular complexity index is 749. The first kappa shape index (κ1) is 15.7. The number of hydrogen-bond acceptors (Lipinski definition) is 4. The standard InChI is InChI=1S/C17H21N3O2S/c1-23(21,22)19-16-6-4-14(5-7-16)18-15-8-10-17(11-9-15)20-12-2-3-13-20/h4-11,18-19H,2-3,12-13H2,1H3. The third-order valence-electron chi connectivity index (χ3n) is 3.82. The minimum Gasteiger partial charge on any atom is -0.372 e. The highest BCUT2D eigenvalue weighted by Crippen LogP contribution is 2.24. The summed E-state index contributed by atoms with van der Waals surface area (Å²) in [5.74, 6) is 0. The van der Waals surface area contributed by atoms with Gasteiger partial charge in [0.25, 0.3) is 0 Å². The topological polar surface area (TPSA) is 61.4 Å². The van der Waals surface area contributed by atoms with Crippen LogP contribution in [0.15, 0.2) is 48.5 Å². The summed E-state index contributed by atoms with van der Waals surface area (Å²) in [4.78, 5) is 2.40. The molecule has 2 aromatic rings. The molecule has 0 saturated carbocycles. The molecule has 0 amide bonds. The lowest BCUT2D eigenvalue weighted by molar-refractivity contribution is 0.607. The fraction of sp³-hybridized carbons (Fsp3) is 0.294. The van der Waals surface area contributed by atoms with Crippen LogP contribution in [0.2, 0.25) is 0 Å². The van der Waals surface area contributed by atoms with Crippen LogP contribution in [0.4, 0.5) is 22.7 Å². The molecule has 2 N–H and O–H groups in total. The molecule has 1 aliphatic heterocycles. The van der Waals surface area contributed by atoms with E-state index in [4.69, 9.17) is 0 Å². The van der Waals surface area contributed by atoms with Crippen molar-refractivity contribution in [3.63, 3.8) is 0 Å². The molecule has 0 aromatic heterocycles. The molecular formula is C17H21N3O2S. The zero-order valence-corrected chi connectivity index (χ0v) is 13.9. The van der Waals surface area contributed by atoms with Gasteiger partial charge < -0.3 is 10.2 Å². The second-order valence-corrected chi connectivity index (χ2v) is 7.57. The molecule has 1 saturated heterocycles. The van der Waals surface area contributed by atoms with E-state index in [0.717, 1.165) is 30.7 Å². The van der Waals surface area contributed by atoms with Crippen LogP contribution in [-0.2, 0) is 10.0 Å². The molecule has 1 heterocycles. The summed E-state index contributed by atoms with van der Waals surface area (Å²) < 4.78 is 24.8.